The lowest BCUT2D eigenvalue weighted by atomic mass is 9.14. The van der Waals surface area contributed by atoms with Crippen molar-refractivity contribution in [1.29, 1.82) is 0 Å². The van der Waals surface area contributed by atoms with Crippen LogP contribution in [-0.4, -0.2) is 6.15 Å². The Kier molecular flexibility index (Phi) is 9.73. The molecule has 0 aromatic heterocycles. The van der Waals surface area contributed by atoms with Gasteiger partial charge in [-0.25, -0.2) is 0 Å². The van der Waals surface area contributed by atoms with Gasteiger partial charge in [0.2, 0.25) is 0 Å². The van der Waals surface area contributed by atoms with Gasteiger partial charge in [0.05, 0.1) is 6.15 Å². The van der Waals surface area contributed by atoms with Gasteiger partial charge in [-0.2, -0.15) is 22.7 Å². The van der Waals surface area contributed by atoms with Gasteiger partial charge in [0.15, 0.2) is 0 Å². The lowest BCUT2D eigenvalue weighted by Gasteiger charge is -2.44. The molecule has 0 heterocycles. The van der Waals surface area contributed by atoms with Gasteiger partial charge in [0.1, 0.15) is 0 Å². The average Bonchev–Trinajstić information content (AvgIpc) is 2.75. The first kappa shape index (κ1) is 26.8. The summed E-state index contributed by atoms with van der Waals surface area (Å²) in [5.74, 6) is 0. The van der Waals surface area contributed by atoms with Crippen LogP contribution in [0.15, 0.2) is 54.6 Å². The molecule has 3 aromatic rings. The fourth-order valence-electron chi connectivity index (χ4n) is 4.70. The van der Waals surface area contributed by atoms with Crippen molar-refractivity contribution in [2.24, 2.45) is 0 Å². The van der Waals surface area contributed by atoms with Crippen LogP contribution in [-0.2, 0) is 0 Å². The Bertz CT molecular complexity index is 940. The monoisotopic (exact) mass is 489 g/mol. The first-order valence-corrected chi connectivity index (χ1v) is 12.4. The minimum absolute atomic E-state index is 0. The van der Waals surface area contributed by atoms with Crippen LogP contribution in [0.5, 0.6) is 0 Å². The highest BCUT2D eigenvalue weighted by Crippen LogP contribution is 2.24. The Morgan fingerprint density at radius 3 is 1.28 bits per heavy atom. The van der Waals surface area contributed by atoms with Gasteiger partial charge < -0.3 is 6.15 Å². The van der Waals surface area contributed by atoms with Crippen molar-refractivity contribution in [2.45, 2.75) is 59.7 Å². The summed E-state index contributed by atoms with van der Waals surface area (Å²) in [7, 11) is 0. The molecule has 0 bridgehead atoms. The lowest BCUT2D eigenvalue weighted by molar-refractivity contribution is 0.698. The molecule has 0 aliphatic heterocycles. The summed E-state index contributed by atoms with van der Waals surface area (Å²) in [6, 6.07) is 19.6. The molecule has 0 saturated heterocycles. The maximum absolute atomic E-state index is 6.65. The molecule has 5 heteroatoms. The molecule has 0 amide bonds. The Morgan fingerprint density at radius 2 is 0.969 bits per heavy atom. The lowest BCUT2D eigenvalue weighted by Crippen LogP contribution is -2.67. The minimum Gasteiger partial charge on any atom is -0.369 e. The molecular formula is C27H35BCl3N. The second kappa shape index (κ2) is 11.6. The maximum atomic E-state index is 6.65. The zero-order valence-electron chi connectivity index (χ0n) is 19.9. The van der Waals surface area contributed by atoms with E-state index in [1.807, 2.05) is 20.8 Å². The van der Waals surface area contributed by atoms with Crippen LogP contribution in [0.25, 0.3) is 0 Å². The van der Waals surface area contributed by atoms with Crippen molar-refractivity contribution in [1.82, 2.24) is 6.15 Å². The zero-order valence-corrected chi connectivity index (χ0v) is 22.2. The molecule has 32 heavy (non-hydrogen) atoms. The van der Waals surface area contributed by atoms with Gasteiger partial charge in [-0.15, -0.1) is 0 Å². The molecule has 0 aliphatic rings. The van der Waals surface area contributed by atoms with Gasteiger partial charge in [-0.1, -0.05) is 122 Å². The Labute approximate surface area is 209 Å². The SMILES string of the molecule is CCCCCC[B-](c1ccc(C)c(Cl)c1)(c1ccc(C)c(Cl)c1)c1ccc(C)c(Cl)c1.[NH4+]. The molecule has 0 radical (unpaired) electrons. The highest BCUT2D eigenvalue weighted by molar-refractivity contribution is 7.11. The molecule has 172 valence electrons. The quantitative estimate of drug-likeness (QED) is 0.245. The van der Waals surface area contributed by atoms with Crippen LogP contribution < -0.4 is 22.5 Å². The van der Waals surface area contributed by atoms with Crippen LogP contribution in [0.1, 0.15) is 49.3 Å². The average molecular weight is 491 g/mol. The molecule has 0 saturated carbocycles. The normalized spacial score (nSPS) is 11.3. The molecule has 3 aromatic carbocycles. The third-order valence-electron chi connectivity index (χ3n) is 6.79. The molecule has 4 N–H and O–H groups in total. The van der Waals surface area contributed by atoms with E-state index in [0.717, 1.165) is 44.5 Å². The predicted molar refractivity (Wildman–Crippen MR) is 148 cm³/mol. The van der Waals surface area contributed by atoms with E-state index in [1.165, 1.54) is 35.7 Å². The van der Waals surface area contributed by atoms with Crippen LogP contribution in [0.4, 0.5) is 0 Å². The number of unbranched alkanes of at least 4 members (excludes halogenated alkanes) is 3. The molecule has 0 aliphatic carbocycles. The molecule has 0 fully saturated rings. The number of rotatable bonds is 8. The summed E-state index contributed by atoms with van der Waals surface area (Å²) in [6.45, 7) is 8.40. The molecule has 3 rings (SSSR count). The van der Waals surface area contributed by atoms with E-state index >= 15 is 0 Å². The Balaban J connectivity index is 0.00000363. The minimum atomic E-state index is -1.28. The summed E-state index contributed by atoms with van der Waals surface area (Å²) in [5, 5.41) is 2.40. The van der Waals surface area contributed by atoms with E-state index in [9.17, 15) is 0 Å². The smallest absolute Gasteiger partial charge is 0.0816 e. The fourth-order valence-corrected chi connectivity index (χ4v) is 5.27. The van der Waals surface area contributed by atoms with Crippen molar-refractivity contribution in [3.8, 4) is 0 Å². The van der Waals surface area contributed by atoms with Gasteiger partial charge >= 0.3 is 0 Å². The number of aryl methyl sites for hydroxylation is 3. The van der Waals surface area contributed by atoms with E-state index in [-0.39, 0.29) is 6.15 Å². The van der Waals surface area contributed by atoms with Gasteiger partial charge in [0.25, 0.3) is 0 Å². The summed E-state index contributed by atoms with van der Waals surface area (Å²) in [4.78, 5) is 0. The third-order valence-corrected chi connectivity index (χ3v) is 8.01. The van der Waals surface area contributed by atoms with E-state index in [2.05, 4.69) is 61.5 Å². The summed E-state index contributed by atoms with van der Waals surface area (Å²) in [5.41, 5.74) is 6.99. The first-order chi connectivity index (χ1) is 14.8. The first-order valence-electron chi connectivity index (χ1n) is 11.3. The van der Waals surface area contributed by atoms with Crippen LogP contribution in [0.3, 0.4) is 0 Å². The summed E-state index contributed by atoms with van der Waals surface area (Å²) < 4.78 is 0. The number of quaternary nitrogens is 1. The fraction of sp³-hybridized carbons (Fsp3) is 0.333. The van der Waals surface area contributed by atoms with Gasteiger partial charge in [-0.05, 0) is 37.5 Å². The van der Waals surface area contributed by atoms with Crippen LogP contribution in [0, 0.1) is 20.8 Å². The number of benzene rings is 3. The second-order valence-electron chi connectivity index (χ2n) is 8.92. The highest BCUT2D eigenvalue weighted by atomic mass is 35.5. The summed E-state index contributed by atoms with van der Waals surface area (Å²) in [6.07, 6.45) is 4.54. The Morgan fingerprint density at radius 1 is 0.594 bits per heavy atom. The molecule has 0 unspecified atom stereocenters. The van der Waals surface area contributed by atoms with Crippen LogP contribution in [0.2, 0.25) is 21.4 Å². The van der Waals surface area contributed by atoms with Gasteiger partial charge in [0, 0.05) is 15.1 Å². The number of hydrogen-bond donors (Lipinski definition) is 1. The molecule has 1 nitrogen and oxygen atoms in total. The predicted octanol–water partition coefficient (Wildman–Crippen LogP) is 8.00. The van der Waals surface area contributed by atoms with Crippen molar-refractivity contribution in [3.63, 3.8) is 0 Å². The van der Waals surface area contributed by atoms with Crippen molar-refractivity contribution >= 4 is 57.3 Å². The van der Waals surface area contributed by atoms with Crippen LogP contribution >= 0.6 is 34.8 Å². The highest BCUT2D eigenvalue weighted by Gasteiger charge is 2.30. The van der Waals surface area contributed by atoms with E-state index in [4.69, 9.17) is 34.8 Å². The van der Waals surface area contributed by atoms with E-state index in [0.29, 0.717) is 0 Å². The van der Waals surface area contributed by atoms with Crippen molar-refractivity contribution < 1.29 is 0 Å². The number of halogens is 3. The molecule has 0 atom stereocenters. The van der Waals surface area contributed by atoms with Crippen molar-refractivity contribution in [2.75, 3.05) is 0 Å². The number of hydrogen-bond acceptors (Lipinski definition) is 0. The molecule has 0 spiro atoms. The third kappa shape index (κ3) is 5.54. The van der Waals surface area contributed by atoms with Crippen molar-refractivity contribution in [3.05, 3.63) is 86.4 Å². The molecular weight excluding hydrogens is 455 g/mol. The maximum Gasteiger partial charge on any atom is 0.0816 e. The topological polar surface area (TPSA) is 36.5 Å². The summed E-state index contributed by atoms with van der Waals surface area (Å²) >= 11 is 19.9. The van der Waals surface area contributed by atoms with E-state index < -0.39 is 6.15 Å². The Hall–Kier alpha value is -1.45. The standard InChI is InChI=1S/C27H31BCl3.H3N/c1-5-6-7-8-15-28(22-12-9-19(2)25(29)16-22,23-13-10-20(3)26(30)17-23)24-14-11-21(4)27(31)18-24;/h9-14,16-18H,5-8,15H2,1-4H3;1H3/q-1;/p+1. The second-order valence-corrected chi connectivity index (χ2v) is 10.1. The zero-order chi connectivity index (χ0) is 22.6. The largest absolute Gasteiger partial charge is 0.369 e. The van der Waals surface area contributed by atoms with E-state index in [1.54, 1.807) is 0 Å². The van der Waals surface area contributed by atoms with Gasteiger partial charge in [-0.3, -0.25) is 0 Å².